The average molecular weight is 250 g/mol. The highest BCUT2D eigenvalue weighted by Gasteiger charge is 2.45. The molecule has 0 N–H and O–H groups in total. The van der Waals surface area contributed by atoms with E-state index in [0.717, 1.165) is 0 Å². The number of hydrogen-bond donors (Lipinski definition) is 0. The van der Waals surface area contributed by atoms with Crippen molar-refractivity contribution in [3.05, 3.63) is 0 Å². The number of nitrogens with zero attached hydrogens (tertiary/aromatic N) is 1. The van der Waals surface area contributed by atoms with E-state index < -0.39 is 0 Å². The minimum Gasteiger partial charge on any atom is -1.00 e. The van der Waals surface area contributed by atoms with E-state index in [9.17, 15) is 4.79 Å². The van der Waals surface area contributed by atoms with Crippen LogP contribution in [0.3, 0.4) is 0 Å². The standard InChI is InChI=1S/C11H20NO3.ClH/c1-7(2)8-9(13)14-10(12(8)6)15-11(3,4)5;/h7-8H,1-6H3;1H/q+1;/p-1/t8-;/m0./s1. The Balaban J connectivity index is 0.00000225. The molecule has 0 aromatic carbocycles. The number of rotatable bonds is 1. The van der Waals surface area contributed by atoms with Crippen LogP contribution in [0.2, 0.25) is 0 Å². The maximum Gasteiger partial charge on any atom is 0.558 e. The van der Waals surface area contributed by atoms with E-state index in [1.54, 1.807) is 4.58 Å². The average Bonchev–Trinajstić information content (AvgIpc) is 2.23. The molecule has 0 saturated carbocycles. The predicted octanol–water partition coefficient (Wildman–Crippen LogP) is -1.61. The summed E-state index contributed by atoms with van der Waals surface area (Å²) in [6.07, 6.45) is 0.311. The Hall–Kier alpha value is -0.770. The Morgan fingerprint density at radius 2 is 1.88 bits per heavy atom. The van der Waals surface area contributed by atoms with E-state index in [1.807, 2.05) is 41.7 Å². The third kappa shape index (κ3) is 3.37. The van der Waals surface area contributed by atoms with E-state index in [-0.39, 0.29) is 35.9 Å². The summed E-state index contributed by atoms with van der Waals surface area (Å²) in [5.74, 6) is -0.0182. The number of halogens is 1. The van der Waals surface area contributed by atoms with Crippen molar-refractivity contribution in [1.29, 1.82) is 0 Å². The fourth-order valence-corrected chi connectivity index (χ4v) is 1.56. The van der Waals surface area contributed by atoms with Crippen LogP contribution in [0.15, 0.2) is 0 Å². The molecule has 4 nitrogen and oxygen atoms in total. The maximum atomic E-state index is 11.6. The molecular weight excluding hydrogens is 230 g/mol. The highest BCUT2D eigenvalue weighted by molar-refractivity contribution is 5.89. The second kappa shape index (κ2) is 5.04. The van der Waals surface area contributed by atoms with Gasteiger partial charge in [0.15, 0.2) is 0 Å². The number of likely N-dealkylation sites (N-methyl/N-ethyl adjacent to an activating group) is 1. The highest BCUT2D eigenvalue weighted by atomic mass is 35.5. The molecule has 5 heteroatoms. The van der Waals surface area contributed by atoms with Crippen molar-refractivity contribution in [3.63, 3.8) is 0 Å². The molecule has 94 valence electrons. The van der Waals surface area contributed by atoms with Crippen molar-refractivity contribution in [2.75, 3.05) is 7.05 Å². The quantitative estimate of drug-likeness (QED) is 0.415. The molecule has 0 aliphatic carbocycles. The van der Waals surface area contributed by atoms with Gasteiger partial charge in [0.1, 0.15) is 12.6 Å². The minimum atomic E-state index is -0.351. The molecule has 1 heterocycles. The molecule has 1 rings (SSSR count). The Morgan fingerprint density at radius 3 is 2.19 bits per heavy atom. The van der Waals surface area contributed by atoms with Gasteiger partial charge in [-0.25, -0.2) is 4.79 Å². The summed E-state index contributed by atoms with van der Waals surface area (Å²) in [5, 5.41) is 0. The SMILES string of the molecule is CC(C)[C@H]1C(=O)OC(OC(C)(C)C)=[N+]1C.[Cl-]. The van der Waals surface area contributed by atoms with Gasteiger partial charge >= 0.3 is 12.1 Å². The number of ether oxygens (including phenoxy) is 2. The second-order valence-electron chi connectivity index (χ2n) is 5.20. The van der Waals surface area contributed by atoms with Gasteiger partial charge in [0.05, 0.1) is 0 Å². The molecule has 1 atom stereocenters. The molecular formula is C11H20ClNO3. The highest BCUT2D eigenvalue weighted by Crippen LogP contribution is 2.17. The van der Waals surface area contributed by atoms with E-state index in [0.29, 0.717) is 6.08 Å². The Kier molecular flexibility index (Phi) is 4.80. The van der Waals surface area contributed by atoms with Crippen molar-refractivity contribution in [2.24, 2.45) is 5.92 Å². The normalized spacial score (nSPS) is 20.9. The Labute approximate surface area is 103 Å². The molecule has 0 aromatic heterocycles. The van der Waals surface area contributed by atoms with Crippen molar-refractivity contribution in [2.45, 2.75) is 46.3 Å². The van der Waals surface area contributed by atoms with Gasteiger partial charge < -0.3 is 21.9 Å². The van der Waals surface area contributed by atoms with Crippen LogP contribution in [0.5, 0.6) is 0 Å². The smallest absolute Gasteiger partial charge is 0.558 e. The van der Waals surface area contributed by atoms with Crippen molar-refractivity contribution in [3.8, 4) is 0 Å². The molecule has 0 saturated heterocycles. The first-order valence-corrected chi connectivity index (χ1v) is 5.23. The summed E-state index contributed by atoms with van der Waals surface area (Å²) < 4.78 is 12.4. The van der Waals surface area contributed by atoms with Crippen molar-refractivity contribution in [1.82, 2.24) is 0 Å². The lowest BCUT2D eigenvalue weighted by atomic mass is 10.1. The number of hydrogen-bond acceptors (Lipinski definition) is 3. The Morgan fingerprint density at radius 1 is 1.38 bits per heavy atom. The lowest BCUT2D eigenvalue weighted by Gasteiger charge is -2.16. The monoisotopic (exact) mass is 249 g/mol. The number of esters is 1. The number of carbonyl (C=O) groups is 1. The summed E-state index contributed by atoms with van der Waals surface area (Å²) in [4.78, 5) is 11.6. The van der Waals surface area contributed by atoms with Crippen LogP contribution in [0.4, 0.5) is 0 Å². The lowest BCUT2D eigenvalue weighted by Crippen LogP contribution is -3.00. The zero-order valence-corrected chi connectivity index (χ0v) is 11.5. The molecule has 0 bridgehead atoms. The van der Waals surface area contributed by atoms with Gasteiger partial charge in [-0.15, -0.1) is 0 Å². The summed E-state index contributed by atoms with van der Waals surface area (Å²) in [6, 6.07) is -0.234. The topological polar surface area (TPSA) is 38.5 Å². The Bertz CT molecular complexity index is 305. The first kappa shape index (κ1) is 15.2. The van der Waals surface area contributed by atoms with Gasteiger partial charge in [-0.2, -0.15) is 4.58 Å². The van der Waals surface area contributed by atoms with Gasteiger partial charge in [-0.3, -0.25) is 0 Å². The fourth-order valence-electron chi connectivity index (χ4n) is 1.56. The molecule has 1 aliphatic heterocycles. The zero-order chi connectivity index (χ0) is 11.8. The van der Waals surface area contributed by atoms with Gasteiger partial charge in [-0.1, -0.05) is 13.8 Å². The van der Waals surface area contributed by atoms with Gasteiger partial charge in [-0.05, 0) is 20.8 Å². The van der Waals surface area contributed by atoms with Gasteiger partial charge in [0.2, 0.25) is 0 Å². The lowest BCUT2D eigenvalue weighted by molar-refractivity contribution is -0.535. The summed E-state index contributed by atoms with van der Waals surface area (Å²) >= 11 is 0. The van der Waals surface area contributed by atoms with Crippen LogP contribution in [-0.4, -0.2) is 35.3 Å². The predicted molar refractivity (Wildman–Crippen MR) is 56.7 cm³/mol. The molecule has 1 aliphatic rings. The van der Waals surface area contributed by atoms with E-state index in [2.05, 4.69) is 0 Å². The molecule has 16 heavy (non-hydrogen) atoms. The van der Waals surface area contributed by atoms with Crippen LogP contribution >= 0.6 is 0 Å². The molecule has 0 spiro atoms. The van der Waals surface area contributed by atoms with Gasteiger partial charge in [0.25, 0.3) is 6.04 Å². The molecule has 0 fully saturated rings. The molecule has 0 radical (unpaired) electrons. The molecule has 0 unspecified atom stereocenters. The van der Waals surface area contributed by atoms with Crippen molar-refractivity contribution < 1.29 is 31.3 Å². The van der Waals surface area contributed by atoms with Crippen LogP contribution in [0.25, 0.3) is 0 Å². The van der Waals surface area contributed by atoms with Crippen LogP contribution in [0, 0.1) is 5.92 Å². The largest absolute Gasteiger partial charge is 1.00 e. The van der Waals surface area contributed by atoms with Crippen molar-refractivity contribution >= 4 is 12.1 Å². The summed E-state index contributed by atoms with van der Waals surface area (Å²) in [7, 11) is 1.82. The van der Waals surface area contributed by atoms with Crippen LogP contribution in [0.1, 0.15) is 34.6 Å². The maximum absolute atomic E-state index is 11.6. The van der Waals surface area contributed by atoms with Crippen LogP contribution < -0.4 is 12.4 Å². The number of carbonyl (C=O) groups excluding carboxylic acids is 1. The minimum absolute atomic E-state index is 0. The molecule has 0 amide bonds. The zero-order valence-electron chi connectivity index (χ0n) is 10.7. The number of cyclic esters (lactones) is 1. The third-order valence-corrected chi connectivity index (χ3v) is 2.16. The van der Waals surface area contributed by atoms with E-state index in [4.69, 9.17) is 9.47 Å². The van der Waals surface area contributed by atoms with E-state index >= 15 is 0 Å². The first-order chi connectivity index (χ1) is 6.72. The van der Waals surface area contributed by atoms with E-state index in [1.165, 1.54) is 0 Å². The first-order valence-electron chi connectivity index (χ1n) is 5.23. The molecule has 0 aromatic rings. The van der Waals surface area contributed by atoms with Gasteiger partial charge in [0, 0.05) is 5.92 Å². The summed E-state index contributed by atoms with van der Waals surface area (Å²) in [6.45, 7) is 9.74. The second-order valence-corrected chi connectivity index (χ2v) is 5.20. The van der Waals surface area contributed by atoms with Crippen LogP contribution in [-0.2, 0) is 14.3 Å². The fraction of sp³-hybridized carbons (Fsp3) is 0.818. The third-order valence-electron chi connectivity index (χ3n) is 2.16. The summed E-state index contributed by atoms with van der Waals surface area (Å²) in [5.41, 5.74) is -0.351.